The van der Waals surface area contributed by atoms with Crippen LogP contribution in [0.15, 0.2) is 73.0 Å². The van der Waals surface area contributed by atoms with Crippen LogP contribution in [0.3, 0.4) is 0 Å². The molecule has 1 aromatic carbocycles. The summed E-state index contributed by atoms with van der Waals surface area (Å²) in [5, 5.41) is 0. The fourth-order valence-electron chi connectivity index (χ4n) is 3.98. The Bertz CT molecular complexity index is 838. The van der Waals surface area contributed by atoms with Gasteiger partial charge in [0.25, 0.3) is 0 Å². The zero-order valence-electron chi connectivity index (χ0n) is 17.7. The predicted octanol–water partition coefficient (Wildman–Crippen LogP) is 7.37. The normalized spacial score (nSPS) is 18.2. The SMILES string of the molecule is CCC=CC(C)C1CC=C(c2ccccc2)C=C1c1ccc(CC(C)C)cn1. The van der Waals surface area contributed by atoms with Crippen molar-refractivity contribution < 1.29 is 0 Å². The Morgan fingerprint density at radius 3 is 2.50 bits per heavy atom. The molecular formula is C27H33N. The molecule has 0 amide bonds. The number of allylic oxidation sites excluding steroid dienone is 6. The van der Waals surface area contributed by atoms with Gasteiger partial charge in [-0.15, -0.1) is 0 Å². The van der Waals surface area contributed by atoms with Gasteiger partial charge in [-0.3, -0.25) is 4.98 Å². The predicted molar refractivity (Wildman–Crippen MR) is 122 cm³/mol. The molecule has 0 spiro atoms. The van der Waals surface area contributed by atoms with Crippen molar-refractivity contribution in [3.63, 3.8) is 0 Å². The average Bonchev–Trinajstić information content (AvgIpc) is 2.72. The van der Waals surface area contributed by atoms with Crippen molar-refractivity contribution in [1.29, 1.82) is 0 Å². The van der Waals surface area contributed by atoms with Crippen LogP contribution in [0.4, 0.5) is 0 Å². The Labute approximate surface area is 170 Å². The van der Waals surface area contributed by atoms with E-state index in [0.717, 1.165) is 25.0 Å². The largest absolute Gasteiger partial charge is 0.256 e. The molecule has 1 aromatic heterocycles. The number of nitrogens with zero attached hydrogens (tertiary/aromatic N) is 1. The second-order valence-corrected chi connectivity index (χ2v) is 8.31. The Balaban J connectivity index is 1.95. The summed E-state index contributed by atoms with van der Waals surface area (Å²) in [5.74, 6) is 1.62. The molecule has 0 N–H and O–H groups in total. The molecule has 0 saturated carbocycles. The fourth-order valence-corrected chi connectivity index (χ4v) is 3.98. The zero-order valence-corrected chi connectivity index (χ0v) is 17.7. The molecule has 0 aliphatic heterocycles. The summed E-state index contributed by atoms with van der Waals surface area (Å²) in [6.45, 7) is 9.04. The van der Waals surface area contributed by atoms with Crippen molar-refractivity contribution in [3.8, 4) is 0 Å². The molecular weight excluding hydrogens is 338 g/mol. The van der Waals surface area contributed by atoms with Gasteiger partial charge in [-0.05, 0) is 71.4 Å². The van der Waals surface area contributed by atoms with Crippen LogP contribution in [0.1, 0.15) is 57.4 Å². The van der Waals surface area contributed by atoms with E-state index in [1.54, 1.807) is 0 Å². The van der Waals surface area contributed by atoms with E-state index < -0.39 is 0 Å². The third-order valence-corrected chi connectivity index (χ3v) is 5.48. The molecule has 146 valence electrons. The highest BCUT2D eigenvalue weighted by atomic mass is 14.7. The number of hydrogen-bond donors (Lipinski definition) is 0. The monoisotopic (exact) mass is 371 g/mol. The molecule has 0 saturated heterocycles. The second kappa shape index (κ2) is 9.68. The van der Waals surface area contributed by atoms with Crippen LogP contribution in [-0.2, 0) is 6.42 Å². The Hall–Kier alpha value is -2.41. The van der Waals surface area contributed by atoms with Gasteiger partial charge in [0.1, 0.15) is 0 Å². The van der Waals surface area contributed by atoms with E-state index in [1.807, 2.05) is 0 Å². The lowest BCUT2D eigenvalue weighted by Gasteiger charge is -2.28. The van der Waals surface area contributed by atoms with Crippen LogP contribution in [0.5, 0.6) is 0 Å². The fraction of sp³-hybridized carbons (Fsp3) is 0.370. The minimum atomic E-state index is 0.471. The van der Waals surface area contributed by atoms with E-state index in [1.165, 1.54) is 22.3 Å². The second-order valence-electron chi connectivity index (χ2n) is 8.31. The lowest BCUT2D eigenvalue weighted by atomic mass is 9.77. The van der Waals surface area contributed by atoms with E-state index in [2.05, 4.69) is 101 Å². The van der Waals surface area contributed by atoms with Crippen molar-refractivity contribution in [2.45, 2.75) is 47.0 Å². The summed E-state index contributed by atoms with van der Waals surface area (Å²) in [4.78, 5) is 4.88. The maximum Gasteiger partial charge on any atom is 0.0665 e. The average molecular weight is 372 g/mol. The minimum Gasteiger partial charge on any atom is -0.256 e. The van der Waals surface area contributed by atoms with Gasteiger partial charge in [-0.2, -0.15) is 0 Å². The van der Waals surface area contributed by atoms with Gasteiger partial charge in [-0.1, -0.05) is 82.3 Å². The molecule has 0 bridgehead atoms. The summed E-state index contributed by atoms with van der Waals surface area (Å²) in [7, 11) is 0. The molecule has 2 atom stereocenters. The standard InChI is InChI=1S/C27H33N/c1-5-6-10-21(4)25-15-14-24(23-11-8-7-9-12-23)18-26(25)27-16-13-22(19-28-27)17-20(2)3/h6-14,16,18-21,25H,5,15,17H2,1-4H3. The highest BCUT2D eigenvalue weighted by molar-refractivity contribution is 5.86. The van der Waals surface area contributed by atoms with Crippen LogP contribution in [0.2, 0.25) is 0 Å². The Morgan fingerprint density at radius 1 is 1.07 bits per heavy atom. The van der Waals surface area contributed by atoms with Crippen molar-refractivity contribution in [2.75, 3.05) is 0 Å². The smallest absolute Gasteiger partial charge is 0.0665 e. The third-order valence-electron chi connectivity index (χ3n) is 5.48. The summed E-state index contributed by atoms with van der Waals surface area (Å²) in [6, 6.07) is 15.2. The number of benzene rings is 1. The first-order valence-electron chi connectivity index (χ1n) is 10.7. The van der Waals surface area contributed by atoms with E-state index in [0.29, 0.717) is 17.8 Å². The van der Waals surface area contributed by atoms with E-state index >= 15 is 0 Å². The van der Waals surface area contributed by atoms with E-state index in [4.69, 9.17) is 4.98 Å². The van der Waals surface area contributed by atoms with Crippen molar-refractivity contribution in [2.24, 2.45) is 17.8 Å². The number of aromatic nitrogens is 1. The van der Waals surface area contributed by atoms with Gasteiger partial charge in [-0.25, -0.2) is 0 Å². The minimum absolute atomic E-state index is 0.471. The Morgan fingerprint density at radius 2 is 1.86 bits per heavy atom. The maximum atomic E-state index is 4.88. The zero-order chi connectivity index (χ0) is 19.9. The van der Waals surface area contributed by atoms with Crippen LogP contribution < -0.4 is 0 Å². The molecule has 1 aliphatic carbocycles. The van der Waals surface area contributed by atoms with Gasteiger partial charge in [0, 0.05) is 6.20 Å². The molecule has 3 rings (SSSR count). The Kier molecular flexibility index (Phi) is 7.03. The van der Waals surface area contributed by atoms with Crippen LogP contribution in [-0.4, -0.2) is 4.98 Å². The third kappa shape index (κ3) is 5.10. The topological polar surface area (TPSA) is 12.9 Å². The van der Waals surface area contributed by atoms with Crippen LogP contribution in [0.25, 0.3) is 11.1 Å². The van der Waals surface area contributed by atoms with Gasteiger partial charge in [0.15, 0.2) is 0 Å². The van der Waals surface area contributed by atoms with Crippen molar-refractivity contribution >= 4 is 11.1 Å². The highest BCUT2D eigenvalue weighted by Crippen LogP contribution is 2.39. The lowest BCUT2D eigenvalue weighted by Crippen LogP contribution is -2.15. The van der Waals surface area contributed by atoms with Gasteiger partial charge < -0.3 is 0 Å². The molecule has 1 nitrogen and oxygen atoms in total. The molecule has 28 heavy (non-hydrogen) atoms. The number of pyridine rings is 1. The van der Waals surface area contributed by atoms with Gasteiger partial charge >= 0.3 is 0 Å². The van der Waals surface area contributed by atoms with Gasteiger partial charge in [0.05, 0.1) is 5.69 Å². The molecule has 2 unspecified atom stereocenters. The quantitative estimate of drug-likeness (QED) is 0.463. The first-order valence-corrected chi connectivity index (χ1v) is 10.7. The summed E-state index contributed by atoms with van der Waals surface area (Å²) in [5.41, 5.74) is 6.41. The van der Waals surface area contributed by atoms with E-state index in [-0.39, 0.29) is 0 Å². The molecule has 0 radical (unpaired) electrons. The van der Waals surface area contributed by atoms with Crippen molar-refractivity contribution in [1.82, 2.24) is 4.98 Å². The summed E-state index contributed by atoms with van der Waals surface area (Å²) < 4.78 is 0. The number of hydrogen-bond acceptors (Lipinski definition) is 1. The van der Waals surface area contributed by atoms with Crippen molar-refractivity contribution in [3.05, 3.63) is 89.8 Å². The van der Waals surface area contributed by atoms with Crippen LogP contribution in [0, 0.1) is 17.8 Å². The molecule has 1 heteroatoms. The number of rotatable bonds is 7. The first-order chi connectivity index (χ1) is 13.6. The first kappa shape index (κ1) is 20.3. The molecule has 1 aliphatic rings. The summed E-state index contributed by atoms with van der Waals surface area (Å²) in [6.07, 6.45) is 14.7. The van der Waals surface area contributed by atoms with E-state index in [9.17, 15) is 0 Å². The molecule has 2 aromatic rings. The van der Waals surface area contributed by atoms with Gasteiger partial charge in [0.2, 0.25) is 0 Å². The lowest BCUT2D eigenvalue weighted by molar-refractivity contribution is 0.528. The maximum absolute atomic E-state index is 4.88. The molecule has 0 fully saturated rings. The van der Waals surface area contributed by atoms with Crippen LogP contribution >= 0.6 is 0 Å². The summed E-state index contributed by atoms with van der Waals surface area (Å²) >= 11 is 0. The highest BCUT2D eigenvalue weighted by Gasteiger charge is 2.24. The molecule has 1 heterocycles.